The van der Waals surface area contributed by atoms with Gasteiger partial charge in [0.25, 0.3) is 5.91 Å². The van der Waals surface area contributed by atoms with Crippen molar-refractivity contribution in [3.05, 3.63) is 40.3 Å². The van der Waals surface area contributed by atoms with E-state index in [1.54, 1.807) is 10.9 Å². The molecule has 7 heteroatoms. The molecular formula is C12H12BrN5O. The van der Waals surface area contributed by atoms with E-state index in [1.807, 2.05) is 18.2 Å². The number of nitrogens with zero attached hydrogens (tertiary/aromatic N) is 3. The predicted molar refractivity (Wildman–Crippen MR) is 73.9 cm³/mol. The monoisotopic (exact) mass is 321 g/mol. The highest BCUT2D eigenvalue weighted by molar-refractivity contribution is 9.10. The number of amides is 1. The zero-order valence-corrected chi connectivity index (χ0v) is 11.6. The number of primary amides is 1. The molecule has 0 radical (unpaired) electrons. The minimum atomic E-state index is -0.546. The number of anilines is 1. The lowest BCUT2D eigenvalue weighted by Crippen LogP contribution is -2.25. The molecule has 1 aliphatic rings. The van der Waals surface area contributed by atoms with Crippen molar-refractivity contribution in [2.75, 3.05) is 11.9 Å². The van der Waals surface area contributed by atoms with Crippen LogP contribution >= 0.6 is 15.9 Å². The van der Waals surface area contributed by atoms with Gasteiger partial charge in [-0.25, -0.2) is 4.68 Å². The molecule has 0 aliphatic carbocycles. The molecule has 6 nitrogen and oxygen atoms in total. The Morgan fingerprint density at radius 3 is 3.05 bits per heavy atom. The lowest BCUT2D eigenvalue weighted by atomic mass is 10.1. The Kier molecular flexibility index (Phi) is 2.98. The first-order valence-electron chi connectivity index (χ1n) is 5.91. The maximum Gasteiger partial charge on any atom is 0.270 e. The fourth-order valence-corrected chi connectivity index (χ4v) is 2.85. The van der Waals surface area contributed by atoms with Gasteiger partial charge in [-0.3, -0.25) is 9.78 Å². The molecule has 0 saturated carbocycles. The van der Waals surface area contributed by atoms with Gasteiger partial charge in [-0.1, -0.05) is 6.07 Å². The summed E-state index contributed by atoms with van der Waals surface area (Å²) >= 11 is 3.37. The Labute approximate surface area is 118 Å². The smallest absolute Gasteiger partial charge is 0.270 e. The lowest BCUT2D eigenvalue weighted by Gasteiger charge is -2.25. The standard InChI is InChI=1S/C12H12BrN5O/c13-9-10(11(14)19)17-18-8(4-6-16-12(9)18)7-3-1-2-5-15-7/h1-3,5,8,16H,4,6H2,(H2,14,19). The fourth-order valence-electron chi connectivity index (χ4n) is 2.25. The average Bonchev–Trinajstić information content (AvgIpc) is 2.78. The zero-order valence-electron chi connectivity index (χ0n) is 10.0. The van der Waals surface area contributed by atoms with Crippen LogP contribution in [0.2, 0.25) is 0 Å². The third-order valence-corrected chi connectivity index (χ3v) is 3.87. The quantitative estimate of drug-likeness (QED) is 0.878. The molecule has 98 valence electrons. The first kappa shape index (κ1) is 12.2. The van der Waals surface area contributed by atoms with Gasteiger partial charge in [0, 0.05) is 12.7 Å². The molecule has 2 aromatic heterocycles. The summed E-state index contributed by atoms with van der Waals surface area (Å²) in [6.45, 7) is 0.795. The number of halogens is 1. The third-order valence-electron chi connectivity index (χ3n) is 3.12. The number of carbonyl (C=O) groups excluding carboxylic acids is 1. The van der Waals surface area contributed by atoms with E-state index in [0.29, 0.717) is 4.47 Å². The first-order valence-corrected chi connectivity index (χ1v) is 6.70. The summed E-state index contributed by atoms with van der Waals surface area (Å²) in [5.74, 6) is 0.228. The van der Waals surface area contributed by atoms with Gasteiger partial charge in [-0.15, -0.1) is 0 Å². The number of rotatable bonds is 2. The highest BCUT2D eigenvalue weighted by Crippen LogP contribution is 2.35. The van der Waals surface area contributed by atoms with Crippen molar-refractivity contribution in [1.82, 2.24) is 14.8 Å². The second-order valence-electron chi connectivity index (χ2n) is 4.31. The number of pyridine rings is 1. The van der Waals surface area contributed by atoms with Gasteiger partial charge in [0.2, 0.25) is 0 Å². The van der Waals surface area contributed by atoms with Crippen LogP contribution in [0.1, 0.15) is 28.6 Å². The van der Waals surface area contributed by atoms with Crippen molar-refractivity contribution in [3.8, 4) is 0 Å². The number of nitrogens with two attached hydrogens (primary N) is 1. The molecule has 2 aromatic rings. The summed E-state index contributed by atoms with van der Waals surface area (Å²) in [5, 5.41) is 7.52. The molecule has 3 N–H and O–H groups in total. The number of hydrogen-bond donors (Lipinski definition) is 2. The van der Waals surface area contributed by atoms with E-state index >= 15 is 0 Å². The summed E-state index contributed by atoms with van der Waals surface area (Å²) in [7, 11) is 0. The van der Waals surface area contributed by atoms with Crippen LogP contribution in [0.25, 0.3) is 0 Å². The highest BCUT2D eigenvalue weighted by atomic mass is 79.9. The zero-order chi connectivity index (χ0) is 13.4. The first-order chi connectivity index (χ1) is 9.18. The van der Waals surface area contributed by atoms with E-state index in [-0.39, 0.29) is 11.7 Å². The normalized spacial score (nSPS) is 17.6. The molecule has 0 saturated heterocycles. The Bertz CT molecular complexity index is 625. The van der Waals surface area contributed by atoms with E-state index in [0.717, 1.165) is 24.5 Å². The maximum absolute atomic E-state index is 11.4. The Morgan fingerprint density at radius 1 is 1.53 bits per heavy atom. The molecule has 0 spiro atoms. The molecule has 1 amide bonds. The Balaban J connectivity index is 2.10. The van der Waals surface area contributed by atoms with Crippen LogP contribution in [0.4, 0.5) is 5.82 Å². The minimum absolute atomic E-state index is 0.0156. The number of carbonyl (C=O) groups is 1. The van der Waals surface area contributed by atoms with E-state index in [2.05, 4.69) is 31.3 Å². The average molecular weight is 322 g/mol. The lowest BCUT2D eigenvalue weighted by molar-refractivity contribution is 0.0994. The molecule has 3 rings (SSSR count). The van der Waals surface area contributed by atoms with Crippen molar-refractivity contribution in [2.24, 2.45) is 5.73 Å². The van der Waals surface area contributed by atoms with Crippen LogP contribution in [-0.4, -0.2) is 27.2 Å². The van der Waals surface area contributed by atoms with Crippen LogP contribution in [-0.2, 0) is 0 Å². The molecule has 0 fully saturated rings. The van der Waals surface area contributed by atoms with Crippen LogP contribution in [0.5, 0.6) is 0 Å². The second kappa shape index (κ2) is 4.65. The molecule has 19 heavy (non-hydrogen) atoms. The van der Waals surface area contributed by atoms with Gasteiger partial charge >= 0.3 is 0 Å². The van der Waals surface area contributed by atoms with Gasteiger partial charge in [-0.2, -0.15) is 5.10 Å². The SMILES string of the molecule is NC(=O)c1nn2c(c1Br)NCCC2c1ccccn1. The molecule has 1 aliphatic heterocycles. The summed E-state index contributed by atoms with van der Waals surface area (Å²) in [6.07, 6.45) is 2.61. The molecular weight excluding hydrogens is 310 g/mol. The Hall–Kier alpha value is -1.89. The van der Waals surface area contributed by atoms with Crippen molar-refractivity contribution in [2.45, 2.75) is 12.5 Å². The number of fused-ring (bicyclic) bond motifs is 1. The van der Waals surface area contributed by atoms with Crippen LogP contribution < -0.4 is 11.1 Å². The number of nitrogens with one attached hydrogen (secondary N) is 1. The number of aromatic nitrogens is 3. The van der Waals surface area contributed by atoms with Gasteiger partial charge in [0.05, 0.1) is 16.2 Å². The van der Waals surface area contributed by atoms with Gasteiger partial charge in [0.1, 0.15) is 5.82 Å². The fraction of sp³-hybridized carbons (Fsp3) is 0.250. The minimum Gasteiger partial charge on any atom is -0.369 e. The highest BCUT2D eigenvalue weighted by Gasteiger charge is 2.28. The van der Waals surface area contributed by atoms with E-state index in [1.165, 1.54) is 0 Å². The van der Waals surface area contributed by atoms with Crippen molar-refractivity contribution in [1.29, 1.82) is 0 Å². The van der Waals surface area contributed by atoms with Crippen molar-refractivity contribution < 1.29 is 4.79 Å². The van der Waals surface area contributed by atoms with E-state index < -0.39 is 5.91 Å². The van der Waals surface area contributed by atoms with Gasteiger partial charge < -0.3 is 11.1 Å². The molecule has 3 heterocycles. The van der Waals surface area contributed by atoms with Gasteiger partial charge in [0.15, 0.2) is 5.69 Å². The molecule has 0 aromatic carbocycles. The summed E-state index contributed by atoms with van der Waals surface area (Å²) in [4.78, 5) is 15.7. The van der Waals surface area contributed by atoms with Gasteiger partial charge in [-0.05, 0) is 34.5 Å². The molecule has 0 bridgehead atoms. The predicted octanol–water partition coefficient (Wildman–Crippen LogP) is 1.54. The van der Waals surface area contributed by atoms with Crippen LogP contribution in [0.3, 0.4) is 0 Å². The van der Waals surface area contributed by atoms with E-state index in [9.17, 15) is 4.79 Å². The van der Waals surface area contributed by atoms with Crippen molar-refractivity contribution in [3.63, 3.8) is 0 Å². The number of hydrogen-bond acceptors (Lipinski definition) is 4. The molecule has 1 atom stereocenters. The van der Waals surface area contributed by atoms with Crippen LogP contribution in [0, 0.1) is 0 Å². The third kappa shape index (κ3) is 1.99. The summed E-state index contributed by atoms with van der Waals surface area (Å²) in [6, 6.07) is 5.79. The second-order valence-corrected chi connectivity index (χ2v) is 5.10. The topological polar surface area (TPSA) is 85.8 Å². The summed E-state index contributed by atoms with van der Waals surface area (Å²) < 4.78 is 2.39. The van der Waals surface area contributed by atoms with Crippen LogP contribution in [0.15, 0.2) is 28.9 Å². The van der Waals surface area contributed by atoms with Crippen molar-refractivity contribution >= 4 is 27.7 Å². The maximum atomic E-state index is 11.4. The Morgan fingerprint density at radius 2 is 2.37 bits per heavy atom. The van der Waals surface area contributed by atoms with E-state index in [4.69, 9.17) is 5.73 Å². The largest absolute Gasteiger partial charge is 0.369 e. The molecule has 1 unspecified atom stereocenters. The summed E-state index contributed by atoms with van der Waals surface area (Å²) in [5.41, 5.74) is 6.49.